The van der Waals surface area contributed by atoms with Gasteiger partial charge < -0.3 is 10.2 Å². The highest BCUT2D eigenvalue weighted by Gasteiger charge is 2.40. The number of nitrogens with one attached hydrogen (secondary N) is 1. The molecule has 0 aliphatic carbocycles. The molecular weight excluding hydrogens is 308 g/mol. The van der Waals surface area contributed by atoms with Gasteiger partial charge >= 0.3 is 0 Å². The zero-order valence-corrected chi connectivity index (χ0v) is 13.7. The first-order valence-corrected chi connectivity index (χ1v) is 7.74. The third kappa shape index (κ3) is 2.29. The van der Waals surface area contributed by atoms with Crippen LogP contribution in [0.2, 0.25) is 0 Å². The van der Waals surface area contributed by atoms with Gasteiger partial charge in [-0.1, -0.05) is 0 Å². The Bertz CT molecular complexity index is 913. The van der Waals surface area contributed by atoms with Gasteiger partial charge in [-0.2, -0.15) is 5.10 Å². The van der Waals surface area contributed by atoms with Crippen LogP contribution in [0, 0.1) is 6.92 Å². The van der Waals surface area contributed by atoms with Crippen molar-refractivity contribution in [1.82, 2.24) is 34.5 Å². The molecule has 1 aliphatic rings. The Morgan fingerprint density at radius 2 is 2.04 bits per heavy atom. The number of likely N-dealkylation sites (N-methyl/N-ethyl adjacent to an activating group) is 1. The number of amides is 1. The molecule has 4 heterocycles. The van der Waals surface area contributed by atoms with Gasteiger partial charge in [0.2, 0.25) is 5.91 Å². The van der Waals surface area contributed by atoms with Gasteiger partial charge in [-0.05, 0) is 25.1 Å². The minimum absolute atomic E-state index is 0.0903. The topological polar surface area (TPSA) is 93.2 Å². The summed E-state index contributed by atoms with van der Waals surface area (Å²) in [6.07, 6.45) is 2.15. The summed E-state index contributed by atoms with van der Waals surface area (Å²) in [5, 5.41) is 16.2. The van der Waals surface area contributed by atoms with E-state index in [0.717, 1.165) is 5.69 Å². The van der Waals surface area contributed by atoms with Gasteiger partial charge in [-0.3, -0.25) is 9.48 Å². The molecule has 124 valence electrons. The van der Waals surface area contributed by atoms with E-state index in [4.69, 9.17) is 0 Å². The van der Waals surface area contributed by atoms with E-state index in [1.165, 1.54) is 4.63 Å². The zero-order valence-electron chi connectivity index (χ0n) is 13.7. The van der Waals surface area contributed by atoms with Crippen LogP contribution in [0.1, 0.15) is 24.0 Å². The summed E-state index contributed by atoms with van der Waals surface area (Å²) in [6, 6.07) is 5.46. The standard InChI is InChI=1S/C15H18N8O/c1-9-17-13-5-4-12(20-23(13)19-9)18-10-8-14(24)21(2)15(10)11-6-7-16-22(11)3/h4-7,10,15H,8H2,1-3H3,(H,18,20)/t10-,15-/m1/s1. The molecule has 0 aromatic carbocycles. The monoisotopic (exact) mass is 326 g/mol. The summed E-state index contributed by atoms with van der Waals surface area (Å²) in [7, 11) is 3.70. The zero-order chi connectivity index (χ0) is 16.8. The van der Waals surface area contributed by atoms with Crippen molar-refractivity contribution in [1.29, 1.82) is 0 Å². The molecule has 1 aliphatic heterocycles. The van der Waals surface area contributed by atoms with Crippen molar-refractivity contribution in [3.8, 4) is 0 Å². The molecule has 3 aromatic heterocycles. The molecule has 0 bridgehead atoms. The number of aryl methyl sites for hydroxylation is 2. The number of likely N-dealkylation sites (tertiary alicyclic amines) is 1. The van der Waals surface area contributed by atoms with Crippen molar-refractivity contribution in [2.75, 3.05) is 12.4 Å². The van der Waals surface area contributed by atoms with E-state index in [0.29, 0.717) is 23.7 Å². The van der Waals surface area contributed by atoms with E-state index < -0.39 is 0 Å². The Morgan fingerprint density at radius 3 is 2.79 bits per heavy atom. The third-order valence-corrected chi connectivity index (χ3v) is 4.39. The summed E-state index contributed by atoms with van der Waals surface area (Å²) in [5.41, 5.74) is 1.68. The van der Waals surface area contributed by atoms with E-state index in [-0.39, 0.29) is 18.0 Å². The Labute approximate surface area is 138 Å². The maximum Gasteiger partial charge on any atom is 0.225 e. The molecule has 1 saturated heterocycles. The Morgan fingerprint density at radius 1 is 1.21 bits per heavy atom. The van der Waals surface area contributed by atoms with Gasteiger partial charge in [-0.15, -0.1) is 14.8 Å². The predicted molar refractivity (Wildman–Crippen MR) is 86.3 cm³/mol. The van der Waals surface area contributed by atoms with Crippen molar-refractivity contribution in [3.63, 3.8) is 0 Å². The molecule has 1 amide bonds. The second-order valence-electron chi connectivity index (χ2n) is 6.01. The molecule has 4 rings (SSSR count). The molecule has 9 heteroatoms. The van der Waals surface area contributed by atoms with E-state index in [2.05, 4.69) is 25.6 Å². The second-order valence-corrected chi connectivity index (χ2v) is 6.01. The van der Waals surface area contributed by atoms with Crippen LogP contribution in [0.15, 0.2) is 24.4 Å². The van der Waals surface area contributed by atoms with Gasteiger partial charge in [0.25, 0.3) is 0 Å². The molecule has 1 N–H and O–H groups in total. The van der Waals surface area contributed by atoms with Crippen LogP contribution >= 0.6 is 0 Å². The molecule has 0 unspecified atom stereocenters. The fraction of sp³-hybridized carbons (Fsp3) is 0.400. The van der Waals surface area contributed by atoms with Crippen LogP contribution in [-0.2, 0) is 11.8 Å². The van der Waals surface area contributed by atoms with Crippen molar-refractivity contribution in [2.45, 2.75) is 25.4 Å². The van der Waals surface area contributed by atoms with E-state index >= 15 is 0 Å². The summed E-state index contributed by atoms with van der Waals surface area (Å²) in [4.78, 5) is 18.2. The fourth-order valence-corrected chi connectivity index (χ4v) is 3.23. The molecular formula is C15H18N8O. The number of carbonyl (C=O) groups excluding carboxylic acids is 1. The first-order valence-electron chi connectivity index (χ1n) is 7.74. The normalized spacial score (nSPS) is 21.0. The minimum atomic E-state index is -0.0972. The van der Waals surface area contributed by atoms with Crippen LogP contribution in [0.25, 0.3) is 5.65 Å². The molecule has 0 saturated carbocycles. The lowest BCUT2D eigenvalue weighted by Gasteiger charge is -2.25. The van der Waals surface area contributed by atoms with Gasteiger partial charge in [0.15, 0.2) is 5.65 Å². The lowest BCUT2D eigenvalue weighted by molar-refractivity contribution is -0.127. The summed E-state index contributed by atoms with van der Waals surface area (Å²) < 4.78 is 3.29. The summed E-state index contributed by atoms with van der Waals surface area (Å²) in [5.74, 6) is 1.42. The Kier molecular flexibility index (Phi) is 3.22. The van der Waals surface area contributed by atoms with Crippen LogP contribution in [-0.4, -0.2) is 53.5 Å². The van der Waals surface area contributed by atoms with E-state index in [9.17, 15) is 4.79 Å². The molecule has 0 spiro atoms. The Hall–Kier alpha value is -2.97. The second kappa shape index (κ2) is 5.29. The summed E-state index contributed by atoms with van der Waals surface area (Å²) >= 11 is 0. The van der Waals surface area contributed by atoms with Crippen molar-refractivity contribution >= 4 is 17.4 Å². The van der Waals surface area contributed by atoms with Crippen LogP contribution in [0.4, 0.5) is 5.82 Å². The number of rotatable bonds is 3. The highest BCUT2D eigenvalue weighted by Crippen LogP contribution is 2.33. The number of fused-ring (bicyclic) bond motifs is 1. The van der Waals surface area contributed by atoms with Gasteiger partial charge in [-0.25, -0.2) is 4.98 Å². The maximum atomic E-state index is 12.2. The average Bonchev–Trinajstić information content (AvgIpc) is 3.18. The third-order valence-electron chi connectivity index (χ3n) is 4.39. The first kappa shape index (κ1) is 14.6. The number of anilines is 1. The highest BCUT2D eigenvalue weighted by atomic mass is 16.2. The molecule has 24 heavy (non-hydrogen) atoms. The number of carbonyl (C=O) groups is 1. The SMILES string of the molecule is Cc1nc2ccc(N[C@@H]3CC(=O)N(C)[C@H]3c3ccnn3C)nn2n1. The molecule has 3 aromatic rings. The van der Waals surface area contributed by atoms with Crippen LogP contribution in [0.3, 0.4) is 0 Å². The molecule has 9 nitrogen and oxygen atoms in total. The van der Waals surface area contributed by atoms with E-state index in [1.807, 2.05) is 39.2 Å². The minimum Gasteiger partial charge on any atom is -0.363 e. The maximum absolute atomic E-state index is 12.2. The van der Waals surface area contributed by atoms with Crippen LogP contribution < -0.4 is 5.32 Å². The average molecular weight is 326 g/mol. The lowest BCUT2D eigenvalue weighted by atomic mass is 10.1. The number of hydrogen-bond donors (Lipinski definition) is 1. The number of aromatic nitrogens is 6. The number of hydrogen-bond acceptors (Lipinski definition) is 6. The van der Waals surface area contributed by atoms with Crippen molar-refractivity contribution in [3.05, 3.63) is 35.9 Å². The fourth-order valence-electron chi connectivity index (χ4n) is 3.23. The van der Waals surface area contributed by atoms with Gasteiger partial charge in [0.05, 0.1) is 17.8 Å². The first-order chi connectivity index (χ1) is 11.5. The molecule has 2 atom stereocenters. The summed E-state index contributed by atoms with van der Waals surface area (Å²) in [6.45, 7) is 1.82. The predicted octanol–water partition coefficient (Wildman–Crippen LogP) is 0.550. The smallest absolute Gasteiger partial charge is 0.225 e. The lowest BCUT2D eigenvalue weighted by Crippen LogP contribution is -2.31. The quantitative estimate of drug-likeness (QED) is 0.755. The molecule has 0 radical (unpaired) electrons. The van der Waals surface area contributed by atoms with E-state index in [1.54, 1.807) is 15.8 Å². The van der Waals surface area contributed by atoms with Crippen molar-refractivity contribution in [2.24, 2.45) is 7.05 Å². The largest absolute Gasteiger partial charge is 0.363 e. The highest BCUT2D eigenvalue weighted by molar-refractivity contribution is 5.80. The van der Waals surface area contributed by atoms with Crippen molar-refractivity contribution < 1.29 is 4.79 Å². The van der Waals surface area contributed by atoms with Gasteiger partial charge in [0.1, 0.15) is 11.6 Å². The van der Waals surface area contributed by atoms with Gasteiger partial charge in [0, 0.05) is 26.7 Å². The molecule has 1 fully saturated rings. The Balaban J connectivity index is 1.65. The van der Waals surface area contributed by atoms with Crippen LogP contribution in [0.5, 0.6) is 0 Å². The number of nitrogens with zero attached hydrogens (tertiary/aromatic N) is 7.